The minimum atomic E-state index is 0.639. The predicted molar refractivity (Wildman–Crippen MR) is 88.1 cm³/mol. The first-order chi connectivity index (χ1) is 9.24. The third-order valence-electron chi connectivity index (χ3n) is 3.88. The second-order valence-electron chi connectivity index (χ2n) is 5.55. The molecule has 19 heavy (non-hydrogen) atoms. The molecular weight excluding hydrogens is 320 g/mol. The molecule has 0 radical (unpaired) electrons. The number of thioether (sulfide) groups is 1. The van der Waals surface area contributed by atoms with Gasteiger partial charge in [0.2, 0.25) is 0 Å². The van der Waals surface area contributed by atoms with E-state index in [4.69, 9.17) is 0 Å². The average molecular weight is 341 g/mol. The number of anilines is 1. The van der Waals surface area contributed by atoms with Gasteiger partial charge in [-0.1, -0.05) is 15.9 Å². The van der Waals surface area contributed by atoms with Crippen LogP contribution in [0.25, 0.3) is 0 Å². The molecule has 3 rings (SSSR count). The van der Waals surface area contributed by atoms with Crippen LogP contribution in [0.5, 0.6) is 0 Å². The number of halogens is 1. The maximum absolute atomic E-state index is 3.64. The van der Waals surface area contributed by atoms with E-state index in [0.717, 1.165) is 12.6 Å². The smallest absolute Gasteiger partial charge is 0.0415 e. The summed E-state index contributed by atoms with van der Waals surface area (Å²) in [6, 6.07) is 8.13. The molecule has 2 fully saturated rings. The minimum absolute atomic E-state index is 0.639. The highest BCUT2D eigenvalue weighted by Gasteiger charge is 2.23. The molecule has 1 saturated heterocycles. The SMILES string of the molecule is CC1CSCCN1c1ccc(Br)cc1CNC1CC1. The predicted octanol–water partition coefficient (Wildman–Crippen LogP) is 3.64. The van der Waals surface area contributed by atoms with E-state index in [0.29, 0.717) is 6.04 Å². The standard InChI is InChI=1S/C15H21BrN2S/c1-11-10-19-7-6-18(11)15-5-2-13(16)8-12(15)9-17-14-3-4-14/h2,5,8,11,14,17H,3-4,6-7,9-10H2,1H3. The lowest BCUT2D eigenvalue weighted by Gasteiger charge is -2.36. The van der Waals surface area contributed by atoms with Crippen molar-refractivity contribution < 1.29 is 0 Å². The number of hydrogen-bond donors (Lipinski definition) is 1. The van der Waals surface area contributed by atoms with E-state index in [1.54, 1.807) is 0 Å². The zero-order valence-corrected chi connectivity index (χ0v) is 13.8. The molecule has 0 amide bonds. The van der Waals surface area contributed by atoms with Gasteiger partial charge in [0.05, 0.1) is 0 Å². The van der Waals surface area contributed by atoms with Crippen LogP contribution in [0.15, 0.2) is 22.7 Å². The summed E-state index contributed by atoms with van der Waals surface area (Å²) in [7, 11) is 0. The van der Waals surface area contributed by atoms with Gasteiger partial charge < -0.3 is 10.2 Å². The van der Waals surface area contributed by atoms with Gasteiger partial charge in [-0.25, -0.2) is 0 Å². The molecule has 1 aromatic carbocycles. The van der Waals surface area contributed by atoms with Crippen LogP contribution < -0.4 is 10.2 Å². The second kappa shape index (κ2) is 6.06. The summed E-state index contributed by atoms with van der Waals surface area (Å²) in [5.41, 5.74) is 2.85. The van der Waals surface area contributed by atoms with Crippen molar-refractivity contribution in [2.75, 3.05) is 23.0 Å². The van der Waals surface area contributed by atoms with Crippen LogP contribution in [0.2, 0.25) is 0 Å². The highest BCUT2D eigenvalue weighted by atomic mass is 79.9. The van der Waals surface area contributed by atoms with Crippen molar-refractivity contribution in [3.8, 4) is 0 Å². The number of nitrogens with one attached hydrogen (secondary N) is 1. The molecular formula is C15H21BrN2S. The maximum Gasteiger partial charge on any atom is 0.0415 e. The topological polar surface area (TPSA) is 15.3 Å². The van der Waals surface area contributed by atoms with E-state index in [1.165, 1.54) is 46.6 Å². The lowest BCUT2D eigenvalue weighted by Crippen LogP contribution is -2.41. The zero-order chi connectivity index (χ0) is 13.2. The van der Waals surface area contributed by atoms with Crippen LogP contribution in [-0.4, -0.2) is 30.1 Å². The van der Waals surface area contributed by atoms with Crippen molar-refractivity contribution in [2.45, 2.75) is 38.4 Å². The lowest BCUT2D eigenvalue weighted by atomic mass is 10.1. The molecule has 1 atom stereocenters. The van der Waals surface area contributed by atoms with Gasteiger partial charge in [0.15, 0.2) is 0 Å². The second-order valence-corrected chi connectivity index (χ2v) is 7.61. The van der Waals surface area contributed by atoms with Crippen molar-refractivity contribution >= 4 is 33.4 Å². The molecule has 0 bridgehead atoms. The molecule has 1 aliphatic carbocycles. The van der Waals surface area contributed by atoms with Crippen molar-refractivity contribution in [3.05, 3.63) is 28.2 Å². The summed E-state index contributed by atoms with van der Waals surface area (Å²) in [4.78, 5) is 2.58. The molecule has 1 saturated carbocycles. The molecule has 1 heterocycles. The maximum atomic E-state index is 3.64. The zero-order valence-electron chi connectivity index (χ0n) is 11.4. The first-order valence-corrected chi connectivity index (χ1v) is 9.05. The van der Waals surface area contributed by atoms with Crippen LogP contribution >= 0.6 is 27.7 Å². The Hall–Kier alpha value is -0.190. The van der Waals surface area contributed by atoms with E-state index < -0.39 is 0 Å². The van der Waals surface area contributed by atoms with Crippen molar-refractivity contribution in [1.29, 1.82) is 0 Å². The highest BCUT2D eigenvalue weighted by molar-refractivity contribution is 9.10. The molecule has 0 spiro atoms. The summed E-state index contributed by atoms with van der Waals surface area (Å²) in [5.74, 6) is 2.49. The van der Waals surface area contributed by atoms with Gasteiger partial charge in [0.1, 0.15) is 0 Å². The lowest BCUT2D eigenvalue weighted by molar-refractivity contribution is 0.666. The average Bonchev–Trinajstić information content (AvgIpc) is 3.22. The monoisotopic (exact) mass is 340 g/mol. The fourth-order valence-electron chi connectivity index (χ4n) is 2.60. The van der Waals surface area contributed by atoms with Crippen LogP contribution in [0.3, 0.4) is 0 Å². The fourth-order valence-corrected chi connectivity index (χ4v) is 4.02. The van der Waals surface area contributed by atoms with Crippen molar-refractivity contribution in [2.24, 2.45) is 0 Å². The Labute approximate surface area is 128 Å². The Kier molecular flexibility index (Phi) is 4.40. The fraction of sp³-hybridized carbons (Fsp3) is 0.600. The number of rotatable bonds is 4. The third-order valence-corrected chi connectivity index (χ3v) is 5.56. The Morgan fingerprint density at radius 1 is 1.42 bits per heavy atom. The number of hydrogen-bond acceptors (Lipinski definition) is 3. The molecule has 104 valence electrons. The van der Waals surface area contributed by atoms with Gasteiger partial charge in [-0.05, 0) is 43.5 Å². The first-order valence-electron chi connectivity index (χ1n) is 7.10. The van der Waals surface area contributed by atoms with Gasteiger partial charge in [0.25, 0.3) is 0 Å². The highest BCUT2D eigenvalue weighted by Crippen LogP contribution is 2.30. The molecule has 1 aromatic rings. The molecule has 0 aromatic heterocycles. The molecule has 1 N–H and O–H groups in total. The summed E-state index contributed by atoms with van der Waals surface area (Å²) in [6.07, 6.45) is 2.69. The van der Waals surface area contributed by atoms with E-state index in [9.17, 15) is 0 Å². The Morgan fingerprint density at radius 3 is 3.00 bits per heavy atom. The van der Waals surface area contributed by atoms with Crippen LogP contribution in [0.1, 0.15) is 25.3 Å². The largest absolute Gasteiger partial charge is 0.367 e. The molecule has 2 aliphatic rings. The normalized spacial score (nSPS) is 23.7. The number of benzene rings is 1. The molecule has 1 aliphatic heterocycles. The quantitative estimate of drug-likeness (QED) is 0.900. The molecule has 1 unspecified atom stereocenters. The van der Waals surface area contributed by atoms with E-state index in [-0.39, 0.29) is 0 Å². The Balaban J connectivity index is 1.80. The summed E-state index contributed by atoms with van der Waals surface area (Å²) in [6.45, 7) is 4.51. The summed E-state index contributed by atoms with van der Waals surface area (Å²) in [5, 5.41) is 3.64. The van der Waals surface area contributed by atoms with Gasteiger partial charge in [-0.15, -0.1) is 0 Å². The summed E-state index contributed by atoms with van der Waals surface area (Å²) < 4.78 is 1.18. The van der Waals surface area contributed by atoms with Gasteiger partial charge in [-0.3, -0.25) is 0 Å². The Morgan fingerprint density at radius 2 is 2.26 bits per heavy atom. The molecule has 4 heteroatoms. The minimum Gasteiger partial charge on any atom is -0.367 e. The Bertz CT molecular complexity index is 448. The van der Waals surface area contributed by atoms with Gasteiger partial charge in [-0.2, -0.15) is 11.8 Å². The molecule has 2 nitrogen and oxygen atoms in total. The van der Waals surface area contributed by atoms with Gasteiger partial charge in [0, 0.05) is 46.8 Å². The van der Waals surface area contributed by atoms with E-state index in [1.807, 2.05) is 0 Å². The van der Waals surface area contributed by atoms with E-state index in [2.05, 4.69) is 63.0 Å². The van der Waals surface area contributed by atoms with Crippen molar-refractivity contribution in [1.82, 2.24) is 5.32 Å². The van der Waals surface area contributed by atoms with Crippen molar-refractivity contribution in [3.63, 3.8) is 0 Å². The van der Waals surface area contributed by atoms with E-state index >= 15 is 0 Å². The first kappa shape index (κ1) is 13.8. The van der Waals surface area contributed by atoms with Gasteiger partial charge >= 0.3 is 0 Å². The van der Waals surface area contributed by atoms with Crippen LogP contribution in [0.4, 0.5) is 5.69 Å². The third kappa shape index (κ3) is 3.47. The number of nitrogens with zero attached hydrogens (tertiary/aromatic N) is 1. The summed E-state index contributed by atoms with van der Waals surface area (Å²) >= 11 is 5.68. The van der Waals surface area contributed by atoms with Crippen LogP contribution in [0, 0.1) is 0 Å². The van der Waals surface area contributed by atoms with Crippen LogP contribution in [-0.2, 0) is 6.54 Å².